The SMILES string of the molecule is COc1ccc(N2C[C@H](C(C)C)N=C2c2cc(Br)cc(C3=N[C@@H](C(C)C)CN3c3ccc(OC)cc3)c2)cc1. The van der Waals surface area contributed by atoms with Crippen molar-refractivity contribution < 1.29 is 9.47 Å². The van der Waals surface area contributed by atoms with Crippen LogP contribution in [-0.2, 0) is 0 Å². The zero-order valence-corrected chi connectivity index (χ0v) is 25.1. The lowest BCUT2D eigenvalue weighted by Crippen LogP contribution is -2.32. The lowest BCUT2D eigenvalue weighted by atomic mass is 10.1. The second kappa shape index (κ2) is 11.4. The van der Waals surface area contributed by atoms with E-state index in [4.69, 9.17) is 19.5 Å². The summed E-state index contributed by atoms with van der Waals surface area (Å²) in [5.41, 5.74) is 4.36. The summed E-state index contributed by atoms with van der Waals surface area (Å²) in [7, 11) is 3.39. The molecule has 3 aromatic carbocycles. The predicted octanol–water partition coefficient (Wildman–Crippen LogP) is 7.05. The Hall–Kier alpha value is -3.32. The van der Waals surface area contributed by atoms with E-state index in [-0.39, 0.29) is 12.1 Å². The zero-order chi connectivity index (χ0) is 27.7. The quantitative estimate of drug-likeness (QED) is 0.283. The molecule has 2 aliphatic rings. The van der Waals surface area contributed by atoms with E-state index in [9.17, 15) is 0 Å². The van der Waals surface area contributed by atoms with Gasteiger partial charge in [0.15, 0.2) is 0 Å². The largest absolute Gasteiger partial charge is 0.497 e. The van der Waals surface area contributed by atoms with Crippen LogP contribution in [0.3, 0.4) is 0 Å². The van der Waals surface area contributed by atoms with Gasteiger partial charge in [-0.3, -0.25) is 9.98 Å². The number of halogens is 1. The highest BCUT2D eigenvalue weighted by Crippen LogP contribution is 2.32. The maximum atomic E-state index is 5.40. The third-order valence-electron chi connectivity index (χ3n) is 7.55. The van der Waals surface area contributed by atoms with Crippen molar-refractivity contribution in [2.75, 3.05) is 37.1 Å². The van der Waals surface area contributed by atoms with Gasteiger partial charge in [0.2, 0.25) is 0 Å². The third kappa shape index (κ3) is 5.69. The molecular formula is C32H37BrN4O2. The molecule has 0 saturated heterocycles. The van der Waals surface area contributed by atoms with Crippen molar-refractivity contribution >= 4 is 39.0 Å². The number of hydrogen-bond donors (Lipinski definition) is 0. The summed E-state index contributed by atoms with van der Waals surface area (Å²) in [6.07, 6.45) is 0. The van der Waals surface area contributed by atoms with Crippen molar-refractivity contribution in [1.82, 2.24) is 0 Å². The van der Waals surface area contributed by atoms with Gasteiger partial charge in [0.25, 0.3) is 0 Å². The Morgan fingerprint density at radius 3 is 1.38 bits per heavy atom. The van der Waals surface area contributed by atoms with Crippen molar-refractivity contribution in [3.8, 4) is 11.5 Å². The summed E-state index contributed by atoms with van der Waals surface area (Å²) in [6.45, 7) is 10.6. The Kier molecular flexibility index (Phi) is 7.98. The number of benzene rings is 3. The van der Waals surface area contributed by atoms with Gasteiger partial charge in [-0.1, -0.05) is 43.6 Å². The number of methoxy groups -OCH3 is 2. The summed E-state index contributed by atoms with van der Waals surface area (Å²) in [5, 5.41) is 0. The highest BCUT2D eigenvalue weighted by Gasteiger charge is 2.32. The van der Waals surface area contributed by atoms with Gasteiger partial charge in [0, 0.05) is 40.1 Å². The van der Waals surface area contributed by atoms with Gasteiger partial charge in [-0.05, 0) is 78.6 Å². The summed E-state index contributed by atoms with van der Waals surface area (Å²) in [4.78, 5) is 15.1. The highest BCUT2D eigenvalue weighted by atomic mass is 79.9. The molecule has 7 heteroatoms. The van der Waals surface area contributed by atoms with Crippen LogP contribution in [0.15, 0.2) is 81.2 Å². The molecule has 0 aromatic heterocycles. The van der Waals surface area contributed by atoms with Crippen molar-refractivity contribution in [1.29, 1.82) is 0 Å². The summed E-state index contributed by atoms with van der Waals surface area (Å²) >= 11 is 3.81. The van der Waals surface area contributed by atoms with E-state index < -0.39 is 0 Å². The molecular weight excluding hydrogens is 552 g/mol. The van der Waals surface area contributed by atoms with Crippen molar-refractivity contribution in [3.05, 3.63) is 82.3 Å². The number of amidine groups is 2. The molecule has 0 radical (unpaired) electrons. The average Bonchev–Trinajstić information content (AvgIpc) is 3.59. The summed E-state index contributed by atoms with van der Waals surface area (Å²) in [5.74, 6) is 4.53. The summed E-state index contributed by atoms with van der Waals surface area (Å²) < 4.78 is 11.8. The predicted molar refractivity (Wildman–Crippen MR) is 165 cm³/mol. The van der Waals surface area contributed by atoms with Crippen LogP contribution in [0.4, 0.5) is 11.4 Å². The van der Waals surface area contributed by atoms with Crippen LogP contribution in [0.25, 0.3) is 0 Å². The minimum atomic E-state index is 0.217. The van der Waals surface area contributed by atoms with Gasteiger partial charge < -0.3 is 19.3 Å². The molecule has 2 heterocycles. The van der Waals surface area contributed by atoms with Crippen LogP contribution in [0.5, 0.6) is 11.5 Å². The molecule has 204 valence electrons. The van der Waals surface area contributed by atoms with Crippen molar-refractivity contribution in [2.24, 2.45) is 21.8 Å². The van der Waals surface area contributed by atoms with Gasteiger partial charge >= 0.3 is 0 Å². The minimum Gasteiger partial charge on any atom is -0.497 e. The fraction of sp³-hybridized carbons (Fsp3) is 0.375. The fourth-order valence-electron chi connectivity index (χ4n) is 5.09. The first kappa shape index (κ1) is 27.3. The van der Waals surface area contributed by atoms with Crippen LogP contribution >= 0.6 is 15.9 Å². The highest BCUT2D eigenvalue weighted by molar-refractivity contribution is 9.10. The molecule has 3 aromatic rings. The van der Waals surface area contributed by atoms with Crippen LogP contribution in [0, 0.1) is 11.8 Å². The summed E-state index contributed by atoms with van der Waals surface area (Å²) in [6, 6.07) is 23.5. The standard InChI is InChI=1S/C32H37BrN4O2/c1-20(2)29-18-36(25-7-11-27(38-5)12-8-25)31(34-29)22-15-23(17-24(33)16-22)32-35-30(21(3)4)19-37(32)26-9-13-28(39-6)14-10-26/h7-17,20-21,29-30H,18-19H2,1-6H3/t29-,30-/m1/s1. The Bertz CT molecular complexity index is 1260. The van der Waals surface area contributed by atoms with Crippen LogP contribution in [-0.4, -0.2) is 51.1 Å². The van der Waals surface area contributed by atoms with Gasteiger partial charge in [-0.25, -0.2) is 0 Å². The van der Waals surface area contributed by atoms with Crippen LogP contribution in [0.2, 0.25) is 0 Å². The molecule has 0 fully saturated rings. The van der Waals surface area contributed by atoms with E-state index >= 15 is 0 Å². The average molecular weight is 590 g/mol. The molecule has 2 aliphatic heterocycles. The zero-order valence-electron chi connectivity index (χ0n) is 23.6. The van der Waals surface area contributed by atoms with E-state index in [1.807, 2.05) is 24.3 Å². The molecule has 0 aliphatic carbocycles. The van der Waals surface area contributed by atoms with Crippen LogP contribution < -0.4 is 19.3 Å². The molecule has 0 N–H and O–H groups in total. The number of rotatable bonds is 8. The van der Waals surface area contributed by atoms with Gasteiger partial charge in [-0.15, -0.1) is 0 Å². The monoisotopic (exact) mass is 588 g/mol. The molecule has 0 amide bonds. The van der Waals surface area contributed by atoms with Gasteiger partial charge in [-0.2, -0.15) is 0 Å². The molecule has 0 bridgehead atoms. The minimum absolute atomic E-state index is 0.217. The molecule has 5 rings (SSSR count). The molecule has 6 nitrogen and oxygen atoms in total. The van der Waals surface area contributed by atoms with Crippen LogP contribution in [0.1, 0.15) is 38.8 Å². The topological polar surface area (TPSA) is 49.7 Å². The van der Waals surface area contributed by atoms with Crippen molar-refractivity contribution in [2.45, 2.75) is 39.8 Å². The van der Waals surface area contributed by atoms with E-state index in [0.29, 0.717) is 11.8 Å². The molecule has 0 unspecified atom stereocenters. The third-order valence-corrected chi connectivity index (χ3v) is 8.01. The maximum absolute atomic E-state index is 5.40. The number of anilines is 2. The Labute approximate surface area is 240 Å². The van der Waals surface area contributed by atoms with E-state index in [1.54, 1.807) is 14.2 Å². The Morgan fingerprint density at radius 2 is 1.05 bits per heavy atom. The molecule has 39 heavy (non-hydrogen) atoms. The Balaban J connectivity index is 1.56. The van der Waals surface area contributed by atoms with Gasteiger partial charge in [0.1, 0.15) is 23.2 Å². The lowest BCUT2D eigenvalue weighted by Gasteiger charge is -2.24. The fourth-order valence-corrected chi connectivity index (χ4v) is 5.58. The number of nitrogens with zero attached hydrogens (tertiary/aromatic N) is 4. The number of ether oxygens (including phenoxy) is 2. The molecule has 0 saturated carbocycles. The Morgan fingerprint density at radius 1 is 0.667 bits per heavy atom. The van der Waals surface area contributed by atoms with Gasteiger partial charge in [0.05, 0.1) is 26.3 Å². The van der Waals surface area contributed by atoms with E-state index in [2.05, 4.69) is 95.9 Å². The first-order valence-electron chi connectivity index (χ1n) is 13.6. The second-order valence-electron chi connectivity index (χ2n) is 10.9. The second-order valence-corrected chi connectivity index (χ2v) is 11.8. The molecule has 2 atom stereocenters. The first-order valence-corrected chi connectivity index (χ1v) is 14.4. The number of aliphatic imine (C=N–C) groups is 2. The normalized spacial score (nSPS) is 19.1. The van der Waals surface area contributed by atoms with E-state index in [0.717, 1.165) is 63.2 Å². The molecule has 0 spiro atoms. The lowest BCUT2D eigenvalue weighted by molar-refractivity contribution is 0.414. The maximum Gasteiger partial charge on any atom is 0.135 e. The smallest absolute Gasteiger partial charge is 0.135 e. The number of hydrogen-bond acceptors (Lipinski definition) is 6. The first-order chi connectivity index (χ1) is 18.8. The van der Waals surface area contributed by atoms with E-state index in [1.165, 1.54) is 0 Å². The van der Waals surface area contributed by atoms with Crippen molar-refractivity contribution in [3.63, 3.8) is 0 Å².